The van der Waals surface area contributed by atoms with Gasteiger partial charge in [-0.3, -0.25) is 4.79 Å². The number of ether oxygens (including phenoxy) is 2. The second-order valence-corrected chi connectivity index (χ2v) is 9.49. The van der Waals surface area contributed by atoms with Crippen molar-refractivity contribution in [1.29, 1.82) is 0 Å². The van der Waals surface area contributed by atoms with Crippen molar-refractivity contribution in [2.45, 2.75) is 24.5 Å². The molecule has 3 aromatic rings. The Labute approximate surface area is 209 Å². The molecule has 0 bridgehead atoms. The molecule has 0 saturated heterocycles. The highest BCUT2D eigenvalue weighted by molar-refractivity contribution is 8.23. The highest BCUT2D eigenvalue weighted by Gasteiger charge is 2.28. The van der Waals surface area contributed by atoms with Crippen molar-refractivity contribution in [1.82, 2.24) is 4.57 Å². The summed E-state index contributed by atoms with van der Waals surface area (Å²) >= 11 is 7.21. The van der Waals surface area contributed by atoms with E-state index in [0.717, 1.165) is 11.1 Å². The number of rotatable bonds is 10. The Bertz CT molecular complexity index is 1100. The van der Waals surface area contributed by atoms with Crippen molar-refractivity contribution in [3.8, 4) is 0 Å². The fourth-order valence-corrected chi connectivity index (χ4v) is 4.87. The molecular weight excluding hydrogens is 466 g/mol. The van der Waals surface area contributed by atoms with Gasteiger partial charge in [-0.1, -0.05) is 91.2 Å². The highest BCUT2D eigenvalue weighted by atomic mass is 32.2. The molecule has 0 amide bonds. The number of hydrogen-bond acceptors (Lipinski definition) is 6. The Balaban J connectivity index is 1.77. The maximum absolute atomic E-state index is 13.2. The lowest BCUT2D eigenvalue weighted by Crippen LogP contribution is -2.21. The van der Waals surface area contributed by atoms with E-state index in [9.17, 15) is 9.59 Å². The number of nitrogens with zero attached hydrogens (tertiary/aromatic N) is 1. The SMILES string of the molecule is C=C(C)C(=O)OCCOC(=O)C(CC(SC(=S)n1cccc1)c1ccccc1)c1ccccc1. The lowest BCUT2D eigenvalue weighted by molar-refractivity contribution is -0.151. The van der Waals surface area contributed by atoms with Gasteiger partial charge in [-0.2, -0.15) is 0 Å². The van der Waals surface area contributed by atoms with Crippen LogP contribution in [0.25, 0.3) is 0 Å². The van der Waals surface area contributed by atoms with Crippen molar-refractivity contribution in [2.24, 2.45) is 0 Å². The Kier molecular flexibility index (Phi) is 9.67. The van der Waals surface area contributed by atoms with Gasteiger partial charge in [0, 0.05) is 23.2 Å². The first-order valence-electron chi connectivity index (χ1n) is 10.9. The fourth-order valence-electron chi connectivity index (χ4n) is 3.33. The third-order valence-electron chi connectivity index (χ3n) is 5.08. The van der Waals surface area contributed by atoms with Gasteiger partial charge in [-0.05, 0) is 36.6 Å². The number of benzene rings is 2. The minimum Gasteiger partial charge on any atom is -0.462 e. The summed E-state index contributed by atoms with van der Waals surface area (Å²) in [5, 5.41) is -0.0740. The Hall–Kier alpha value is -3.16. The van der Waals surface area contributed by atoms with E-state index in [-0.39, 0.29) is 24.4 Å². The quantitative estimate of drug-likeness (QED) is 0.151. The Morgan fingerprint density at radius 1 is 0.912 bits per heavy atom. The van der Waals surface area contributed by atoms with Gasteiger partial charge < -0.3 is 14.0 Å². The van der Waals surface area contributed by atoms with E-state index in [1.807, 2.05) is 89.8 Å². The molecule has 0 aliphatic rings. The van der Waals surface area contributed by atoms with Crippen LogP contribution in [0.5, 0.6) is 0 Å². The van der Waals surface area contributed by atoms with Crippen LogP contribution in [0, 0.1) is 0 Å². The van der Waals surface area contributed by atoms with Gasteiger partial charge in [0.25, 0.3) is 0 Å². The zero-order valence-corrected chi connectivity index (χ0v) is 20.6. The predicted molar refractivity (Wildman–Crippen MR) is 140 cm³/mol. The molecule has 2 unspecified atom stereocenters. The van der Waals surface area contributed by atoms with E-state index in [4.69, 9.17) is 21.7 Å². The summed E-state index contributed by atoms with van der Waals surface area (Å²) < 4.78 is 13.1. The summed E-state index contributed by atoms with van der Waals surface area (Å²) in [6.07, 6.45) is 4.31. The number of thiocarbonyl (C=S) groups is 1. The number of carbonyl (C=O) groups is 2. The van der Waals surface area contributed by atoms with Gasteiger partial charge in [0.1, 0.15) is 17.5 Å². The second-order valence-electron chi connectivity index (χ2n) is 7.66. The standard InChI is InChI=1S/C27H27NO4S2/c1-20(2)25(29)31-17-18-32-26(30)23(21-11-5-3-6-12-21)19-24(22-13-7-4-8-14-22)34-27(33)28-15-9-10-16-28/h3-16,23-24H,1,17-19H2,2H3. The van der Waals surface area contributed by atoms with Crippen LogP contribution in [-0.4, -0.2) is 34.0 Å². The summed E-state index contributed by atoms with van der Waals surface area (Å²) in [6, 6.07) is 23.4. The first-order valence-corrected chi connectivity index (χ1v) is 12.2. The number of thioether (sulfide) groups is 1. The molecule has 7 heteroatoms. The smallest absolute Gasteiger partial charge is 0.333 e. The number of hydrogen-bond donors (Lipinski definition) is 0. The normalized spacial score (nSPS) is 12.4. The number of carbonyl (C=O) groups excluding carboxylic acids is 2. The Morgan fingerprint density at radius 2 is 1.47 bits per heavy atom. The molecule has 34 heavy (non-hydrogen) atoms. The van der Waals surface area contributed by atoms with Gasteiger partial charge in [0.15, 0.2) is 0 Å². The molecule has 0 spiro atoms. The second kappa shape index (κ2) is 12.9. The summed E-state index contributed by atoms with van der Waals surface area (Å²) in [5.41, 5.74) is 2.24. The number of aromatic nitrogens is 1. The van der Waals surface area contributed by atoms with Crippen molar-refractivity contribution >= 4 is 40.2 Å². The van der Waals surface area contributed by atoms with Crippen LogP contribution in [0.4, 0.5) is 0 Å². The summed E-state index contributed by atoms with van der Waals surface area (Å²) in [4.78, 5) is 24.7. The molecule has 0 fully saturated rings. The van der Waals surface area contributed by atoms with Crippen molar-refractivity contribution in [3.63, 3.8) is 0 Å². The van der Waals surface area contributed by atoms with Crippen molar-refractivity contribution in [2.75, 3.05) is 13.2 Å². The van der Waals surface area contributed by atoms with Crippen LogP contribution < -0.4 is 0 Å². The molecule has 0 saturated carbocycles. The molecule has 0 aliphatic carbocycles. The van der Waals surface area contributed by atoms with Gasteiger partial charge >= 0.3 is 11.9 Å². The molecule has 1 heterocycles. The topological polar surface area (TPSA) is 57.5 Å². The lowest BCUT2D eigenvalue weighted by Gasteiger charge is -2.23. The van der Waals surface area contributed by atoms with E-state index in [1.165, 1.54) is 11.8 Å². The van der Waals surface area contributed by atoms with Gasteiger partial charge in [0.2, 0.25) is 0 Å². The van der Waals surface area contributed by atoms with E-state index in [2.05, 4.69) is 6.58 Å². The van der Waals surface area contributed by atoms with E-state index in [0.29, 0.717) is 16.3 Å². The molecule has 2 atom stereocenters. The minimum absolute atomic E-state index is 0.0203. The van der Waals surface area contributed by atoms with E-state index >= 15 is 0 Å². The van der Waals surface area contributed by atoms with Crippen LogP contribution in [0.3, 0.4) is 0 Å². The summed E-state index contributed by atoms with van der Waals surface area (Å²) in [5.74, 6) is -1.39. The maximum atomic E-state index is 13.2. The average Bonchev–Trinajstić information content (AvgIpc) is 3.40. The average molecular weight is 494 g/mol. The van der Waals surface area contributed by atoms with Crippen LogP contribution in [0.15, 0.2) is 97.3 Å². The molecule has 2 aromatic carbocycles. The zero-order valence-electron chi connectivity index (χ0n) is 19.0. The largest absolute Gasteiger partial charge is 0.462 e. The van der Waals surface area contributed by atoms with Crippen LogP contribution >= 0.6 is 24.0 Å². The molecule has 5 nitrogen and oxygen atoms in total. The van der Waals surface area contributed by atoms with Crippen LogP contribution in [0.1, 0.15) is 35.6 Å². The predicted octanol–water partition coefficient (Wildman–Crippen LogP) is 5.93. The highest BCUT2D eigenvalue weighted by Crippen LogP contribution is 2.39. The fraction of sp³-hybridized carbons (Fsp3) is 0.222. The molecule has 0 radical (unpaired) electrons. The molecule has 0 N–H and O–H groups in total. The van der Waals surface area contributed by atoms with E-state index < -0.39 is 11.9 Å². The third kappa shape index (κ3) is 7.43. The first kappa shape index (κ1) is 25.5. The minimum atomic E-state index is -0.511. The van der Waals surface area contributed by atoms with Crippen molar-refractivity contribution < 1.29 is 19.1 Å². The Morgan fingerprint density at radius 3 is 2.06 bits per heavy atom. The third-order valence-corrected chi connectivity index (χ3v) is 6.74. The molecule has 1 aromatic heterocycles. The van der Waals surface area contributed by atoms with Crippen molar-refractivity contribution in [3.05, 3.63) is 108 Å². The first-order chi connectivity index (χ1) is 16.5. The van der Waals surface area contributed by atoms with Gasteiger partial charge in [-0.15, -0.1) is 0 Å². The van der Waals surface area contributed by atoms with E-state index in [1.54, 1.807) is 6.92 Å². The lowest BCUT2D eigenvalue weighted by atomic mass is 9.92. The molecule has 0 aliphatic heterocycles. The van der Waals surface area contributed by atoms with Gasteiger partial charge in [0.05, 0.1) is 5.92 Å². The molecular formula is C27H27NO4S2. The zero-order chi connectivity index (χ0) is 24.3. The van der Waals surface area contributed by atoms with Crippen LogP contribution in [0.2, 0.25) is 0 Å². The summed E-state index contributed by atoms with van der Waals surface area (Å²) in [6.45, 7) is 5.07. The maximum Gasteiger partial charge on any atom is 0.333 e. The summed E-state index contributed by atoms with van der Waals surface area (Å²) in [7, 11) is 0. The molecule has 3 rings (SSSR count). The molecule has 176 valence electrons. The van der Waals surface area contributed by atoms with Gasteiger partial charge in [-0.25, -0.2) is 4.79 Å². The van der Waals surface area contributed by atoms with Crippen LogP contribution in [-0.2, 0) is 19.1 Å². The number of esters is 2. The monoisotopic (exact) mass is 493 g/mol.